The predicted molar refractivity (Wildman–Crippen MR) is 129 cm³/mol. The van der Waals surface area contributed by atoms with Gasteiger partial charge in [-0.25, -0.2) is 4.98 Å². The van der Waals surface area contributed by atoms with E-state index in [1.54, 1.807) is 24.4 Å². The maximum atomic E-state index is 10.4. The van der Waals surface area contributed by atoms with Crippen molar-refractivity contribution in [1.29, 1.82) is 0 Å². The molecule has 0 saturated heterocycles. The molecule has 0 fully saturated rings. The zero-order chi connectivity index (χ0) is 22.5. The maximum absolute atomic E-state index is 10.4. The van der Waals surface area contributed by atoms with Gasteiger partial charge < -0.3 is 9.84 Å². The monoisotopic (exact) mass is 624 g/mol. The van der Waals surface area contributed by atoms with E-state index in [0.29, 0.717) is 22.9 Å². The SMILES string of the molecule is Oc1ccccc1-c1cc(Cc2ccccc2)cc(-c2[c-]c(Oc3ccccn3)ccc2)n1.[Pt]. The van der Waals surface area contributed by atoms with E-state index < -0.39 is 0 Å². The van der Waals surface area contributed by atoms with Gasteiger partial charge in [-0.2, -0.15) is 0 Å². The van der Waals surface area contributed by atoms with Gasteiger partial charge in [0.05, 0.1) is 5.69 Å². The van der Waals surface area contributed by atoms with Crippen molar-refractivity contribution < 1.29 is 30.9 Å². The van der Waals surface area contributed by atoms with Crippen molar-refractivity contribution in [3.63, 3.8) is 0 Å². The Morgan fingerprint density at radius 3 is 2.29 bits per heavy atom. The van der Waals surface area contributed by atoms with Crippen molar-refractivity contribution >= 4 is 0 Å². The van der Waals surface area contributed by atoms with Gasteiger partial charge >= 0.3 is 0 Å². The van der Waals surface area contributed by atoms with Crippen molar-refractivity contribution in [1.82, 2.24) is 9.97 Å². The topological polar surface area (TPSA) is 55.2 Å². The normalized spacial score (nSPS) is 10.4. The summed E-state index contributed by atoms with van der Waals surface area (Å²) in [5, 5.41) is 10.4. The van der Waals surface area contributed by atoms with E-state index in [-0.39, 0.29) is 26.8 Å². The van der Waals surface area contributed by atoms with E-state index in [1.807, 2.05) is 66.7 Å². The minimum atomic E-state index is 0. The van der Waals surface area contributed by atoms with Crippen LogP contribution in [0.5, 0.6) is 17.4 Å². The summed E-state index contributed by atoms with van der Waals surface area (Å²) in [6.07, 6.45) is 2.44. The van der Waals surface area contributed by atoms with Gasteiger partial charge in [-0.05, 0) is 47.5 Å². The minimum Gasteiger partial charge on any atom is -0.507 e. The van der Waals surface area contributed by atoms with Gasteiger partial charge in [-0.3, -0.25) is 4.98 Å². The summed E-state index contributed by atoms with van der Waals surface area (Å²) < 4.78 is 5.87. The van der Waals surface area contributed by atoms with Crippen molar-refractivity contribution in [2.24, 2.45) is 0 Å². The largest absolute Gasteiger partial charge is 0.507 e. The number of pyridine rings is 2. The van der Waals surface area contributed by atoms with E-state index in [1.165, 1.54) is 5.56 Å². The molecule has 0 spiro atoms. The number of para-hydroxylation sites is 1. The fourth-order valence-corrected chi connectivity index (χ4v) is 3.66. The first-order valence-corrected chi connectivity index (χ1v) is 10.7. The molecule has 5 rings (SSSR count). The molecule has 5 heteroatoms. The Morgan fingerprint density at radius 1 is 0.735 bits per heavy atom. The summed E-state index contributed by atoms with van der Waals surface area (Å²) in [4.78, 5) is 9.08. The summed E-state index contributed by atoms with van der Waals surface area (Å²) in [5.41, 5.74) is 5.25. The summed E-state index contributed by atoms with van der Waals surface area (Å²) in [5.74, 6) is 1.26. The molecule has 0 atom stereocenters. The molecule has 170 valence electrons. The Bertz CT molecular complexity index is 1380. The van der Waals surface area contributed by atoms with Crippen LogP contribution < -0.4 is 4.74 Å². The van der Waals surface area contributed by atoms with Crippen LogP contribution in [0, 0.1) is 6.07 Å². The predicted octanol–water partition coefficient (Wildman–Crippen LogP) is 6.70. The second kappa shape index (κ2) is 10.9. The Hall–Kier alpha value is -3.75. The van der Waals surface area contributed by atoms with E-state index in [9.17, 15) is 5.11 Å². The van der Waals surface area contributed by atoms with Crippen molar-refractivity contribution in [3.8, 4) is 39.9 Å². The average Bonchev–Trinajstić information content (AvgIpc) is 2.86. The second-order valence-electron chi connectivity index (χ2n) is 7.62. The number of phenols is 1. The molecule has 34 heavy (non-hydrogen) atoms. The summed E-state index contributed by atoms with van der Waals surface area (Å²) in [7, 11) is 0. The molecular weight excluding hydrogens is 603 g/mol. The van der Waals surface area contributed by atoms with Crippen LogP contribution in [0.1, 0.15) is 11.1 Å². The number of rotatable bonds is 6. The third kappa shape index (κ3) is 5.59. The van der Waals surface area contributed by atoms with Crippen LogP contribution >= 0.6 is 0 Å². The maximum Gasteiger partial charge on any atom is 0.217 e. The van der Waals surface area contributed by atoms with E-state index in [4.69, 9.17) is 9.72 Å². The molecule has 0 aliphatic carbocycles. The first-order valence-electron chi connectivity index (χ1n) is 10.7. The molecule has 2 aromatic heterocycles. The summed E-state index contributed by atoms with van der Waals surface area (Å²) in [6.45, 7) is 0. The zero-order valence-electron chi connectivity index (χ0n) is 18.2. The Morgan fingerprint density at radius 2 is 1.50 bits per heavy atom. The van der Waals surface area contributed by atoms with Crippen LogP contribution in [0.2, 0.25) is 0 Å². The number of aromatic hydroxyl groups is 1. The van der Waals surface area contributed by atoms with E-state index in [0.717, 1.165) is 23.2 Å². The molecular formula is C29H21N2O2Pt-. The van der Waals surface area contributed by atoms with Gasteiger partial charge in [0.2, 0.25) is 5.88 Å². The van der Waals surface area contributed by atoms with Gasteiger partial charge in [0.15, 0.2) is 0 Å². The van der Waals surface area contributed by atoms with Crippen LogP contribution in [-0.2, 0) is 27.5 Å². The number of aromatic nitrogens is 2. The van der Waals surface area contributed by atoms with Gasteiger partial charge in [-0.15, -0.1) is 23.8 Å². The van der Waals surface area contributed by atoms with Gasteiger partial charge in [0.25, 0.3) is 0 Å². The number of ether oxygens (including phenoxy) is 1. The molecule has 0 radical (unpaired) electrons. The van der Waals surface area contributed by atoms with Crippen LogP contribution in [0.3, 0.4) is 0 Å². The average molecular weight is 625 g/mol. The van der Waals surface area contributed by atoms with Crippen molar-refractivity contribution in [2.75, 3.05) is 0 Å². The number of phenolic OH excluding ortho intramolecular Hbond substituents is 1. The van der Waals surface area contributed by atoms with Crippen molar-refractivity contribution in [3.05, 3.63) is 127 Å². The molecule has 1 N–H and O–H groups in total. The molecule has 0 unspecified atom stereocenters. The third-order valence-corrected chi connectivity index (χ3v) is 5.21. The standard InChI is InChI=1S/C29H21N2O2.Pt/c32-28-14-5-4-13-25(28)27-19-22(17-21-9-2-1-3-10-21)18-26(31-27)23-11-8-12-24(20-23)33-29-15-6-7-16-30-29;/h1-16,18-19,32H,17H2;/q-1;. The van der Waals surface area contributed by atoms with Crippen LogP contribution in [0.25, 0.3) is 22.5 Å². The first kappa shape index (κ1) is 23.4. The quantitative estimate of drug-likeness (QED) is 0.214. The molecule has 0 aliphatic rings. The van der Waals surface area contributed by atoms with Gasteiger partial charge in [-0.1, -0.05) is 60.7 Å². The van der Waals surface area contributed by atoms with Crippen LogP contribution in [0.4, 0.5) is 0 Å². The Balaban J connectivity index is 0.00000274. The van der Waals surface area contributed by atoms with E-state index >= 15 is 0 Å². The molecule has 2 heterocycles. The first-order chi connectivity index (χ1) is 16.2. The third-order valence-electron chi connectivity index (χ3n) is 5.21. The molecule has 3 aromatic carbocycles. The fraction of sp³-hybridized carbons (Fsp3) is 0.0345. The zero-order valence-corrected chi connectivity index (χ0v) is 20.4. The summed E-state index contributed by atoms with van der Waals surface area (Å²) >= 11 is 0. The number of hydrogen-bond donors (Lipinski definition) is 1. The minimum absolute atomic E-state index is 0. The fourth-order valence-electron chi connectivity index (χ4n) is 3.66. The molecule has 0 saturated carbocycles. The molecule has 0 aliphatic heterocycles. The smallest absolute Gasteiger partial charge is 0.217 e. The Labute approximate surface area is 213 Å². The van der Waals surface area contributed by atoms with Crippen molar-refractivity contribution in [2.45, 2.75) is 6.42 Å². The van der Waals surface area contributed by atoms with E-state index in [2.05, 4.69) is 29.2 Å². The van der Waals surface area contributed by atoms with Gasteiger partial charge in [0, 0.05) is 44.6 Å². The van der Waals surface area contributed by atoms with Gasteiger partial charge in [0.1, 0.15) is 5.75 Å². The van der Waals surface area contributed by atoms with Crippen LogP contribution in [-0.4, -0.2) is 15.1 Å². The molecule has 0 bridgehead atoms. The number of hydrogen-bond acceptors (Lipinski definition) is 4. The Kier molecular flexibility index (Phi) is 7.51. The number of nitrogens with zero attached hydrogens (tertiary/aromatic N) is 2. The molecule has 4 nitrogen and oxygen atoms in total. The molecule has 0 amide bonds. The second-order valence-corrected chi connectivity index (χ2v) is 7.62. The van der Waals surface area contributed by atoms with Crippen LogP contribution in [0.15, 0.2) is 109 Å². The molecule has 5 aromatic rings. The number of benzene rings is 3. The summed E-state index contributed by atoms with van der Waals surface area (Å²) in [6, 6.07) is 36.2.